The summed E-state index contributed by atoms with van der Waals surface area (Å²) in [6, 6.07) is 9.43. The number of benzene rings is 1. The Morgan fingerprint density at radius 1 is 1.07 bits per heavy atom. The van der Waals surface area contributed by atoms with Gasteiger partial charge in [0.25, 0.3) is 0 Å². The van der Waals surface area contributed by atoms with Gasteiger partial charge < -0.3 is 9.84 Å². The van der Waals surface area contributed by atoms with Crippen LogP contribution in [0.4, 0.5) is 13.2 Å². The Hall–Kier alpha value is -1.92. The second kappa shape index (κ2) is 7.84. The lowest BCUT2D eigenvalue weighted by atomic mass is 9.95. The van der Waals surface area contributed by atoms with Crippen molar-refractivity contribution in [2.45, 2.75) is 16.9 Å². The van der Waals surface area contributed by atoms with E-state index in [1.54, 1.807) is 34.3 Å². The van der Waals surface area contributed by atoms with Gasteiger partial charge in [-0.2, -0.15) is 11.3 Å². The highest BCUT2D eigenvalue weighted by Crippen LogP contribution is 2.35. The topological polar surface area (TPSA) is 75.6 Å². The van der Waals surface area contributed by atoms with E-state index in [2.05, 4.69) is 9.46 Å². The first-order valence-corrected chi connectivity index (χ1v) is 11.1. The molecule has 2 N–H and O–H groups in total. The summed E-state index contributed by atoms with van der Waals surface area (Å²) >= 11 is 2.56. The van der Waals surface area contributed by atoms with Crippen LogP contribution >= 0.6 is 22.7 Å². The molecule has 0 aliphatic heterocycles. The largest absolute Gasteiger partial charge is 0.573 e. The van der Waals surface area contributed by atoms with Crippen molar-refractivity contribution < 1.29 is 31.4 Å². The zero-order valence-electron chi connectivity index (χ0n) is 14.0. The highest BCUT2D eigenvalue weighted by Gasteiger charge is 2.37. The highest BCUT2D eigenvalue weighted by molar-refractivity contribution is 7.89. The number of para-hydroxylation sites is 1. The van der Waals surface area contributed by atoms with Crippen molar-refractivity contribution in [2.24, 2.45) is 0 Å². The molecule has 11 heteroatoms. The molecule has 0 spiro atoms. The third-order valence-electron chi connectivity index (χ3n) is 3.81. The molecule has 2 heterocycles. The zero-order chi connectivity index (χ0) is 20.4. The van der Waals surface area contributed by atoms with E-state index in [1.165, 1.54) is 34.8 Å². The van der Waals surface area contributed by atoms with Gasteiger partial charge in [-0.25, -0.2) is 13.1 Å². The molecule has 0 saturated heterocycles. The number of aliphatic hydroxyl groups is 1. The van der Waals surface area contributed by atoms with Crippen molar-refractivity contribution in [1.29, 1.82) is 0 Å². The third-order valence-corrected chi connectivity index (χ3v) is 6.95. The van der Waals surface area contributed by atoms with Crippen molar-refractivity contribution in [3.63, 3.8) is 0 Å². The minimum Gasteiger partial charge on any atom is -0.404 e. The molecule has 3 aromatic rings. The van der Waals surface area contributed by atoms with Crippen LogP contribution in [0.5, 0.6) is 5.75 Å². The Bertz CT molecular complexity index is 982. The fraction of sp³-hybridized carbons (Fsp3) is 0.176. The molecular weight excluding hydrogens is 435 g/mol. The summed E-state index contributed by atoms with van der Waals surface area (Å²) in [4.78, 5) is -0.181. The summed E-state index contributed by atoms with van der Waals surface area (Å²) in [5.74, 6) is -0.849. The molecule has 5 nitrogen and oxygen atoms in total. The molecule has 0 saturated carbocycles. The first-order valence-electron chi connectivity index (χ1n) is 7.75. The number of ether oxygens (including phenoxy) is 1. The molecule has 3 rings (SSSR count). The lowest BCUT2D eigenvalue weighted by Crippen LogP contribution is -2.41. The number of halogens is 3. The van der Waals surface area contributed by atoms with Crippen LogP contribution in [0.3, 0.4) is 0 Å². The summed E-state index contributed by atoms with van der Waals surface area (Å²) < 4.78 is 69.1. The van der Waals surface area contributed by atoms with Gasteiger partial charge in [0.2, 0.25) is 10.0 Å². The Morgan fingerprint density at radius 2 is 1.82 bits per heavy atom. The van der Waals surface area contributed by atoms with Gasteiger partial charge >= 0.3 is 6.36 Å². The molecule has 0 radical (unpaired) electrons. The van der Waals surface area contributed by atoms with Crippen LogP contribution in [0.15, 0.2) is 63.5 Å². The SMILES string of the molecule is O=S(=O)(NCC(O)(c1ccsc1)c1cccs1)c1ccccc1OC(F)(F)F. The van der Waals surface area contributed by atoms with Crippen molar-refractivity contribution >= 4 is 32.7 Å². The minimum atomic E-state index is -5.04. The smallest absolute Gasteiger partial charge is 0.404 e. The second-order valence-corrected chi connectivity index (χ2v) is 9.13. The van der Waals surface area contributed by atoms with Gasteiger partial charge in [0.05, 0.1) is 0 Å². The molecule has 1 aromatic carbocycles. The Balaban J connectivity index is 1.91. The molecule has 1 unspecified atom stereocenters. The van der Waals surface area contributed by atoms with Gasteiger partial charge in [0.1, 0.15) is 16.2 Å². The lowest BCUT2D eigenvalue weighted by molar-refractivity contribution is -0.275. The zero-order valence-corrected chi connectivity index (χ0v) is 16.5. The third kappa shape index (κ3) is 4.55. The van der Waals surface area contributed by atoms with E-state index >= 15 is 0 Å². The predicted molar refractivity (Wildman–Crippen MR) is 100.0 cm³/mol. The van der Waals surface area contributed by atoms with Gasteiger partial charge in [-0.1, -0.05) is 18.2 Å². The van der Waals surface area contributed by atoms with E-state index in [-0.39, 0.29) is 0 Å². The van der Waals surface area contributed by atoms with Gasteiger partial charge in [-0.3, -0.25) is 0 Å². The van der Waals surface area contributed by atoms with Crippen LogP contribution < -0.4 is 9.46 Å². The number of hydrogen-bond donors (Lipinski definition) is 2. The summed E-state index contributed by atoms with van der Waals surface area (Å²) in [6.45, 7) is -0.465. The van der Waals surface area contributed by atoms with E-state index in [1.807, 2.05) is 0 Å². The van der Waals surface area contributed by atoms with Crippen molar-refractivity contribution in [3.8, 4) is 5.75 Å². The number of thiophene rings is 2. The number of hydrogen-bond acceptors (Lipinski definition) is 6. The summed E-state index contributed by atoms with van der Waals surface area (Å²) in [5, 5.41) is 16.3. The van der Waals surface area contributed by atoms with E-state index < -0.39 is 39.2 Å². The van der Waals surface area contributed by atoms with E-state index in [9.17, 15) is 26.7 Å². The molecule has 0 aliphatic carbocycles. The summed E-state index contributed by atoms with van der Waals surface area (Å²) in [5.41, 5.74) is -1.19. The molecule has 2 aromatic heterocycles. The first-order chi connectivity index (χ1) is 13.1. The summed E-state index contributed by atoms with van der Waals surface area (Å²) in [7, 11) is -4.41. The average Bonchev–Trinajstić information content (AvgIpc) is 3.32. The van der Waals surface area contributed by atoms with Crippen LogP contribution in [-0.4, -0.2) is 26.4 Å². The number of rotatable bonds is 7. The van der Waals surface area contributed by atoms with Crippen LogP contribution in [0, 0.1) is 0 Å². The van der Waals surface area contributed by atoms with E-state index in [0.29, 0.717) is 10.4 Å². The minimum absolute atomic E-state index is 0.465. The molecule has 28 heavy (non-hydrogen) atoms. The van der Waals surface area contributed by atoms with Crippen LogP contribution in [-0.2, 0) is 15.6 Å². The van der Waals surface area contributed by atoms with Crippen molar-refractivity contribution in [3.05, 3.63) is 69.0 Å². The van der Waals surface area contributed by atoms with Crippen LogP contribution in [0.1, 0.15) is 10.4 Å². The Kier molecular flexibility index (Phi) is 5.82. The first kappa shape index (κ1) is 20.8. The molecule has 0 amide bonds. The average molecular weight is 449 g/mol. The maximum absolute atomic E-state index is 12.7. The van der Waals surface area contributed by atoms with Crippen LogP contribution in [0.2, 0.25) is 0 Å². The second-order valence-electron chi connectivity index (χ2n) is 5.67. The quantitative estimate of drug-likeness (QED) is 0.573. The van der Waals surface area contributed by atoms with E-state index in [4.69, 9.17) is 0 Å². The van der Waals surface area contributed by atoms with Crippen molar-refractivity contribution in [1.82, 2.24) is 4.72 Å². The molecular formula is C17H14F3NO4S3. The van der Waals surface area contributed by atoms with Gasteiger partial charge in [-0.05, 0) is 40.4 Å². The van der Waals surface area contributed by atoms with Crippen LogP contribution in [0.25, 0.3) is 0 Å². The Labute approximate surface area is 167 Å². The molecule has 150 valence electrons. The maximum Gasteiger partial charge on any atom is 0.573 e. The normalized spacial score (nSPS) is 14.6. The monoisotopic (exact) mass is 449 g/mol. The van der Waals surface area contributed by atoms with Crippen molar-refractivity contribution in [2.75, 3.05) is 6.54 Å². The molecule has 0 aliphatic rings. The highest BCUT2D eigenvalue weighted by atomic mass is 32.2. The maximum atomic E-state index is 12.7. The fourth-order valence-corrected chi connectivity index (χ4v) is 5.26. The number of sulfonamides is 1. The fourth-order valence-electron chi connectivity index (χ4n) is 2.50. The molecule has 1 atom stereocenters. The lowest BCUT2D eigenvalue weighted by Gasteiger charge is -2.27. The predicted octanol–water partition coefficient (Wildman–Crippen LogP) is 3.92. The van der Waals surface area contributed by atoms with Gasteiger partial charge in [0.15, 0.2) is 0 Å². The number of alkyl halides is 3. The van der Waals surface area contributed by atoms with Gasteiger partial charge in [-0.15, -0.1) is 24.5 Å². The Morgan fingerprint density at radius 3 is 2.43 bits per heavy atom. The number of nitrogens with one attached hydrogen (secondary N) is 1. The standard InChI is InChI=1S/C17H14F3NO4S3/c18-17(19,20)25-13-4-1-2-5-14(13)28(23,24)21-11-16(22,12-7-9-26-10-12)15-6-3-8-27-15/h1-10,21-22H,11H2. The summed E-state index contributed by atoms with van der Waals surface area (Å²) in [6.07, 6.45) is -5.04. The van der Waals surface area contributed by atoms with E-state index in [0.717, 1.165) is 12.1 Å². The van der Waals surface area contributed by atoms with Gasteiger partial charge in [0, 0.05) is 17.0 Å². The molecule has 0 fully saturated rings. The molecule has 0 bridgehead atoms.